The van der Waals surface area contributed by atoms with Crippen molar-refractivity contribution in [2.75, 3.05) is 36.8 Å². The lowest BCUT2D eigenvalue weighted by Crippen LogP contribution is -2.47. The van der Waals surface area contributed by atoms with Gasteiger partial charge in [0.25, 0.3) is 0 Å². The highest BCUT2D eigenvalue weighted by atomic mass is 32.1. The van der Waals surface area contributed by atoms with Crippen LogP contribution in [-0.2, 0) is 7.05 Å². The standard InChI is InChI=1S/C20H25N9S/c1-11-13(3)30-20-15(11)16(21)25-17(26-20)12(2)28-5-7-29(8-6-28)19-14-9-24-27(4)18(14)22-10-23-19/h9-10,12H,5-8H2,1-4H3,(H2,21,25,26). The van der Waals surface area contributed by atoms with E-state index in [4.69, 9.17) is 10.7 Å². The smallest absolute Gasteiger partial charge is 0.163 e. The highest BCUT2D eigenvalue weighted by molar-refractivity contribution is 7.18. The molecule has 1 atom stereocenters. The average Bonchev–Trinajstić information content (AvgIpc) is 3.27. The summed E-state index contributed by atoms with van der Waals surface area (Å²) in [7, 11) is 1.90. The molecule has 4 aromatic rings. The number of nitrogen functional groups attached to an aromatic ring is 1. The summed E-state index contributed by atoms with van der Waals surface area (Å²) in [5, 5.41) is 6.32. The molecule has 1 saturated heterocycles. The molecule has 10 heteroatoms. The Bertz CT molecular complexity index is 1240. The molecule has 1 aliphatic heterocycles. The predicted octanol–water partition coefficient (Wildman–Crippen LogP) is 2.45. The van der Waals surface area contributed by atoms with E-state index in [0.717, 1.165) is 59.1 Å². The molecule has 0 aliphatic carbocycles. The van der Waals surface area contributed by atoms with Crippen LogP contribution in [0.3, 0.4) is 0 Å². The number of aromatic nitrogens is 6. The summed E-state index contributed by atoms with van der Waals surface area (Å²) in [6, 6.07) is 0.102. The van der Waals surface area contributed by atoms with Gasteiger partial charge in [-0.15, -0.1) is 11.3 Å². The second kappa shape index (κ2) is 7.13. The van der Waals surface area contributed by atoms with Gasteiger partial charge >= 0.3 is 0 Å². The zero-order valence-corrected chi connectivity index (χ0v) is 18.4. The van der Waals surface area contributed by atoms with E-state index in [1.807, 2.05) is 13.2 Å². The Hall–Kier alpha value is -2.85. The number of nitrogens with zero attached hydrogens (tertiary/aromatic N) is 8. The van der Waals surface area contributed by atoms with Gasteiger partial charge in [0.2, 0.25) is 0 Å². The molecular weight excluding hydrogens is 398 g/mol. The number of aryl methyl sites for hydroxylation is 3. The largest absolute Gasteiger partial charge is 0.383 e. The van der Waals surface area contributed by atoms with Gasteiger partial charge in [-0.25, -0.2) is 19.9 Å². The number of thiophene rings is 1. The van der Waals surface area contributed by atoms with Crippen LogP contribution < -0.4 is 10.6 Å². The summed E-state index contributed by atoms with van der Waals surface area (Å²) >= 11 is 1.69. The minimum absolute atomic E-state index is 0.102. The van der Waals surface area contributed by atoms with Crippen molar-refractivity contribution < 1.29 is 0 Å². The molecule has 1 aliphatic rings. The number of nitrogens with two attached hydrogens (primary N) is 1. The zero-order chi connectivity index (χ0) is 21.0. The van der Waals surface area contributed by atoms with Gasteiger partial charge in [0.15, 0.2) is 5.65 Å². The Kier molecular flexibility index (Phi) is 4.55. The highest BCUT2D eigenvalue weighted by Gasteiger charge is 2.26. The zero-order valence-electron chi connectivity index (χ0n) is 17.6. The summed E-state index contributed by atoms with van der Waals surface area (Å²) in [5.74, 6) is 2.33. The fraction of sp³-hybridized carbons (Fsp3) is 0.450. The van der Waals surface area contributed by atoms with Gasteiger partial charge in [-0.2, -0.15) is 5.10 Å². The first kappa shape index (κ1) is 19.1. The molecule has 2 N–H and O–H groups in total. The number of rotatable bonds is 3. The Morgan fingerprint density at radius 2 is 1.87 bits per heavy atom. The summed E-state index contributed by atoms with van der Waals surface area (Å²) in [6.07, 6.45) is 3.46. The molecule has 4 aromatic heterocycles. The van der Waals surface area contributed by atoms with Crippen molar-refractivity contribution in [2.24, 2.45) is 7.05 Å². The van der Waals surface area contributed by atoms with Gasteiger partial charge < -0.3 is 10.6 Å². The Morgan fingerprint density at radius 3 is 2.63 bits per heavy atom. The molecule has 0 saturated carbocycles. The fourth-order valence-electron chi connectivity index (χ4n) is 4.17. The molecule has 5 rings (SSSR count). The van der Waals surface area contributed by atoms with E-state index in [1.54, 1.807) is 22.3 Å². The average molecular weight is 424 g/mol. The van der Waals surface area contributed by atoms with E-state index in [2.05, 4.69) is 50.6 Å². The second-order valence-electron chi connectivity index (χ2n) is 7.83. The van der Waals surface area contributed by atoms with Crippen LogP contribution in [0.2, 0.25) is 0 Å². The van der Waals surface area contributed by atoms with Gasteiger partial charge in [-0.3, -0.25) is 9.58 Å². The van der Waals surface area contributed by atoms with Crippen LogP contribution in [0.1, 0.15) is 29.2 Å². The Balaban J connectivity index is 1.36. The lowest BCUT2D eigenvalue weighted by Gasteiger charge is -2.38. The third-order valence-electron chi connectivity index (χ3n) is 6.12. The van der Waals surface area contributed by atoms with E-state index in [-0.39, 0.29) is 6.04 Å². The third kappa shape index (κ3) is 2.98. The topological polar surface area (TPSA) is 102 Å². The molecular formula is C20H25N9S. The van der Waals surface area contributed by atoms with Crippen LogP contribution in [0.5, 0.6) is 0 Å². The minimum atomic E-state index is 0.102. The second-order valence-corrected chi connectivity index (χ2v) is 9.04. The van der Waals surface area contributed by atoms with Crippen molar-refractivity contribution >= 4 is 44.2 Å². The number of piperazine rings is 1. The van der Waals surface area contributed by atoms with Crippen LogP contribution in [0, 0.1) is 13.8 Å². The summed E-state index contributed by atoms with van der Waals surface area (Å²) in [5.41, 5.74) is 8.34. The quantitative estimate of drug-likeness (QED) is 0.536. The van der Waals surface area contributed by atoms with E-state index >= 15 is 0 Å². The summed E-state index contributed by atoms with van der Waals surface area (Å²) in [6.45, 7) is 9.90. The van der Waals surface area contributed by atoms with Crippen LogP contribution in [0.4, 0.5) is 11.6 Å². The lowest BCUT2D eigenvalue weighted by atomic mass is 10.2. The Labute approximate surface area is 178 Å². The highest BCUT2D eigenvalue weighted by Crippen LogP contribution is 2.33. The summed E-state index contributed by atoms with van der Waals surface area (Å²) < 4.78 is 1.78. The molecule has 156 valence electrons. The van der Waals surface area contributed by atoms with E-state index in [9.17, 15) is 0 Å². The van der Waals surface area contributed by atoms with Crippen molar-refractivity contribution in [3.63, 3.8) is 0 Å². The predicted molar refractivity (Wildman–Crippen MR) is 120 cm³/mol. The van der Waals surface area contributed by atoms with E-state index in [1.165, 1.54) is 10.4 Å². The van der Waals surface area contributed by atoms with Crippen LogP contribution in [0.15, 0.2) is 12.5 Å². The first-order chi connectivity index (χ1) is 14.4. The molecule has 0 bridgehead atoms. The third-order valence-corrected chi connectivity index (χ3v) is 7.22. The van der Waals surface area contributed by atoms with Gasteiger partial charge in [0, 0.05) is 38.1 Å². The SMILES string of the molecule is Cc1sc2nc(C(C)N3CCN(c4ncnc5c4cnn5C)CC3)nc(N)c2c1C. The molecule has 9 nitrogen and oxygen atoms in total. The van der Waals surface area contributed by atoms with Gasteiger partial charge in [-0.1, -0.05) is 0 Å². The molecule has 5 heterocycles. The molecule has 0 aromatic carbocycles. The maximum atomic E-state index is 6.30. The fourth-order valence-corrected chi connectivity index (χ4v) is 5.21. The first-order valence-electron chi connectivity index (χ1n) is 10.1. The monoisotopic (exact) mass is 423 g/mol. The van der Waals surface area contributed by atoms with Crippen LogP contribution in [0.25, 0.3) is 21.3 Å². The van der Waals surface area contributed by atoms with Gasteiger partial charge in [0.1, 0.15) is 28.6 Å². The number of fused-ring (bicyclic) bond motifs is 2. The van der Waals surface area contributed by atoms with Crippen molar-refractivity contribution in [3.05, 3.63) is 28.8 Å². The molecule has 0 amide bonds. The lowest BCUT2D eigenvalue weighted by molar-refractivity contribution is 0.192. The number of hydrogen-bond donors (Lipinski definition) is 1. The summed E-state index contributed by atoms with van der Waals surface area (Å²) in [4.78, 5) is 25.3. The van der Waals surface area contributed by atoms with Crippen molar-refractivity contribution in [1.29, 1.82) is 0 Å². The number of hydrogen-bond acceptors (Lipinski definition) is 9. The van der Waals surface area contributed by atoms with Gasteiger partial charge in [-0.05, 0) is 26.3 Å². The number of anilines is 2. The maximum absolute atomic E-state index is 6.30. The van der Waals surface area contributed by atoms with Crippen LogP contribution in [-0.4, -0.2) is 60.8 Å². The van der Waals surface area contributed by atoms with Crippen LogP contribution >= 0.6 is 11.3 Å². The minimum Gasteiger partial charge on any atom is -0.383 e. The van der Waals surface area contributed by atoms with Crippen molar-refractivity contribution in [3.8, 4) is 0 Å². The molecule has 1 fully saturated rings. The molecule has 1 unspecified atom stereocenters. The Morgan fingerprint density at radius 1 is 1.10 bits per heavy atom. The molecule has 0 radical (unpaired) electrons. The van der Waals surface area contributed by atoms with Crippen molar-refractivity contribution in [2.45, 2.75) is 26.8 Å². The van der Waals surface area contributed by atoms with Gasteiger partial charge in [0.05, 0.1) is 23.0 Å². The first-order valence-corrected chi connectivity index (χ1v) is 10.9. The van der Waals surface area contributed by atoms with Crippen molar-refractivity contribution in [1.82, 2.24) is 34.6 Å². The molecule has 0 spiro atoms. The molecule has 30 heavy (non-hydrogen) atoms. The maximum Gasteiger partial charge on any atom is 0.163 e. The van der Waals surface area contributed by atoms with E-state index in [0.29, 0.717) is 5.82 Å². The van der Waals surface area contributed by atoms with E-state index < -0.39 is 0 Å². The normalized spacial score (nSPS) is 16.6.